The Morgan fingerprint density at radius 1 is 0.857 bits per heavy atom. The summed E-state index contributed by atoms with van der Waals surface area (Å²) in [5.74, 6) is 0.571. The van der Waals surface area contributed by atoms with Crippen molar-refractivity contribution in [2.24, 2.45) is 0 Å². The van der Waals surface area contributed by atoms with Gasteiger partial charge in [-0.25, -0.2) is 0 Å². The summed E-state index contributed by atoms with van der Waals surface area (Å²) in [4.78, 5) is 0. The molecule has 0 spiro atoms. The van der Waals surface area contributed by atoms with E-state index in [4.69, 9.17) is 4.74 Å². The SMILES string of the molecule is CC(C)c1ccc(C2CNCC(c3ccccc3)O2)cc1. The van der Waals surface area contributed by atoms with Gasteiger partial charge in [-0.1, -0.05) is 68.4 Å². The maximum Gasteiger partial charge on any atom is 0.0958 e. The van der Waals surface area contributed by atoms with Gasteiger partial charge < -0.3 is 10.1 Å². The van der Waals surface area contributed by atoms with Gasteiger partial charge in [-0.05, 0) is 22.6 Å². The summed E-state index contributed by atoms with van der Waals surface area (Å²) < 4.78 is 6.30. The van der Waals surface area contributed by atoms with Crippen LogP contribution in [0, 0.1) is 0 Å². The molecule has 0 amide bonds. The average Bonchev–Trinajstić information content (AvgIpc) is 2.56. The van der Waals surface area contributed by atoms with Crippen LogP contribution in [0.3, 0.4) is 0 Å². The molecule has 1 aliphatic rings. The van der Waals surface area contributed by atoms with Crippen molar-refractivity contribution in [3.63, 3.8) is 0 Å². The van der Waals surface area contributed by atoms with Gasteiger partial charge in [-0.2, -0.15) is 0 Å². The zero-order valence-corrected chi connectivity index (χ0v) is 12.8. The summed E-state index contributed by atoms with van der Waals surface area (Å²) in [5, 5.41) is 3.49. The van der Waals surface area contributed by atoms with Crippen LogP contribution in [0.1, 0.15) is 48.7 Å². The summed E-state index contributed by atoms with van der Waals surface area (Å²) >= 11 is 0. The summed E-state index contributed by atoms with van der Waals surface area (Å²) in [5.41, 5.74) is 3.88. The van der Waals surface area contributed by atoms with Crippen LogP contribution in [0.2, 0.25) is 0 Å². The normalized spacial score (nSPS) is 22.4. The Kier molecular flexibility index (Phi) is 4.37. The Hall–Kier alpha value is -1.64. The lowest BCUT2D eigenvalue weighted by molar-refractivity contribution is -0.0406. The van der Waals surface area contributed by atoms with Gasteiger partial charge >= 0.3 is 0 Å². The standard InChI is InChI=1S/C19H23NO/c1-14(2)15-8-10-17(11-9-15)19-13-20-12-18(21-19)16-6-4-3-5-7-16/h3-11,14,18-20H,12-13H2,1-2H3. The molecule has 1 fully saturated rings. The first-order valence-corrected chi connectivity index (χ1v) is 7.75. The predicted molar refractivity (Wildman–Crippen MR) is 86.4 cm³/mol. The van der Waals surface area contributed by atoms with E-state index in [-0.39, 0.29) is 12.2 Å². The lowest BCUT2D eigenvalue weighted by Crippen LogP contribution is -2.35. The number of nitrogens with one attached hydrogen (secondary N) is 1. The monoisotopic (exact) mass is 281 g/mol. The molecule has 1 aliphatic heterocycles. The van der Waals surface area contributed by atoms with Crippen molar-refractivity contribution in [3.8, 4) is 0 Å². The van der Waals surface area contributed by atoms with Gasteiger partial charge in [0.15, 0.2) is 0 Å². The van der Waals surface area contributed by atoms with E-state index in [2.05, 4.69) is 67.7 Å². The molecule has 0 saturated carbocycles. The van der Waals surface area contributed by atoms with E-state index in [1.807, 2.05) is 6.07 Å². The van der Waals surface area contributed by atoms with E-state index in [9.17, 15) is 0 Å². The van der Waals surface area contributed by atoms with Crippen LogP contribution in [0.4, 0.5) is 0 Å². The molecule has 0 bridgehead atoms. The number of benzene rings is 2. The first kappa shape index (κ1) is 14.3. The van der Waals surface area contributed by atoms with Crippen molar-refractivity contribution < 1.29 is 4.74 Å². The smallest absolute Gasteiger partial charge is 0.0958 e. The number of rotatable bonds is 3. The molecule has 2 nitrogen and oxygen atoms in total. The number of morpholine rings is 1. The Balaban J connectivity index is 1.74. The third-order valence-corrected chi connectivity index (χ3v) is 4.13. The number of hydrogen-bond donors (Lipinski definition) is 1. The molecule has 2 aromatic rings. The minimum absolute atomic E-state index is 0.130. The van der Waals surface area contributed by atoms with Crippen molar-refractivity contribution in [1.82, 2.24) is 5.32 Å². The van der Waals surface area contributed by atoms with E-state index < -0.39 is 0 Å². The van der Waals surface area contributed by atoms with E-state index in [0.29, 0.717) is 5.92 Å². The molecule has 2 atom stereocenters. The Labute approximate surface area is 127 Å². The minimum atomic E-state index is 0.130. The summed E-state index contributed by atoms with van der Waals surface area (Å²) in [7, 11) is 0. The number of ether oxygens (including phenoxy) is 1. The minimum Gasteiger partial charge on any atom is -0.363 e. The second-order valence-corrected chi connectivity index (χ2v) is 6.00. The van der Waals surface area contributed by atoms with Crippen molar-refractivity contribution in [1.29, 1.82) is 0 Å². The van der Waals surface area contributed by atoms with Gasteiger partial charge in [0.2, 0.25) is 0 Å². The molecule has 21 heavy (non-hydrogen) atoms. The maximum atomic E-state index is 6.30. The Morgan fingerprint density at radius 2 is 1.43 bits per heavy atom. The average molecular weight is 281 g/mol. The first-order valence-electron chi connectivity index (χ1n) is 7.75. The quantitative estimate of drug-likeness (QED) is 0.910. The highest BCUT2D eigenvalue weighted by atomic mass is 16.5. The fourth-order valence-electron chi connectivity index (χ4n) is 2.80. The molecule has 3 rings (SSSR count). The number of hydrogen-bond acceptors (Lipinski definition) is 2. The fourth-order valence-corrected chi connectivity index (χ4v) is 2.80. The van der Waals surface area contributed by atoms with Crippen molar-refractivity contribution >= 4 is 0 Å². The van der Waals surface area contributed by atoms with Crippen molar-refractivity contribution in [2.45, 2.75) is 32.0 Å². The first-order chi connectivity index (χ1) is 10.2. The van der Waals surface area contributed by atoms with Gasteiger partial charge in [-0.15, -0.1) is 0 Å². The lowest BCUT2D eigenvalue weighted by atomic mass is 9.99. The molecule has 0 aliphatic carbocycles. The fraction of sp³-hybridized carbons (Fsp3) is 0.368. The molecule has 1 heterocycles. The third kappa shape index (κ3) is 3.34. The highest BCUT2D eigenvalue weighted by Crippen LogP contribution is 2.29. The van der Waals surface area contributed by atoms with Gasteiger partial charge in [0.1, 0.15) is 0 Å². The van der Waals surface area contributed by atoms with Crippen LogP contribution >= 0.6 is 0 Å². The molecular formula is C19H23NO. The predicted octanol–water partition coefficient (Wildman–Crippen LogP) is 4.21. The zero-order chi connectivity index (χ0) is 14.7. The molecule has 2 aromatic carbocycles. The summed E-state index contributed by atoms with van der Waals surface area (Å²) in [6.45, 7) is 6.20. The Morgan fingerprint density at radius 3 is 2.00 bits per heavy atom. The molecule has 1 N–H and O–H groups in total. The Bertz CT molecular complexity index is 562. The maximum absolute atomic E-state index is 6.30. The highest BCUT2D eigenvalue weighted by Gasteiger charge is 2.24. The topological polar surface area (TPSA) is 21.3 Å². The molecule has 0 aromatic heterocycles. The van der Waals surface area contributed by atoms with Gasteiger partial charge in [-0.3, -0.25) is 0 Å². The van der Waals surface area contributed by atoms with Crippen LogP contribution in [0.25, 0.3) is 0 Å². The van der Waals surface area contributed by atoms with Crippen LogP contribution < -0.4 is 5.32 Å². The molecule has 1 saturated heterocycles. The molecule has 2 heteroatoms. The molecule has 0 radical (unpaired) electrons. The van der Waals surface area contributed by atoms with E-state index in [1.165, 1.54) is 16.7 Å². The van der Waals surface area contributed by atoms with Crippen molar-refractivity contribution in [3.05, 3.63) is 71.3 Å². The second-order valence-electron chi connectivity index (χ2n) is 6.00. The second kappa shape index (κ2) is 6.42. The zero-order valence-electron chi connectivity index (χ0n) is 12.8. The van der Waals surface area contributed by atoms with Crippen LogP contribution in [0.15, 0.2) is 54.6 Å². The molecular weight excluding hydrogens is 258 g/mol. The van der Waals surface area contributed by atoms with Crippen LogP contribution in [0.5, 0.6) is 0 Å². The summed E-state index contributed by atoms with van der Waals surface area (Å²) in [6.07, 6.45) is 0.264. The largest absolute Gasteiger partial charge is 0.363 e. The van der Waals surface area contributed by atoms with Crippen LogP contribution in [-0.4, -0.2) is 13.1 Å². The highest BCUT2D eigenvalue weighted by molar-refractivity contribution is 5.27. The third-order valence-electron chi connectivity index (χ3n) is 4.13. The van der Waals surface area contributed by atoms with E-state index in [1.54, 1.807) is 0 Å². The van der Waals surface area contributed by atoms with Gasteiger partial charge in [0, 0.05) is 13.1 Å². The molecule has 2 unspecified atom stereocenters. The van der Waals surface area contributed by atoms with Gasteiger partial charge in [0.25, 0.3) is 0 Å². The van der Waals surface area contributed by atoms with Crippen molar-refractivity contribution in [2.75, 3.05) is 13.1 Å². The summed E-state index contributed by atoms with van der Waals surface area (Å²) in [6, 6.07) is 19.3. The van der Waals surface area contributed by atoms with Crippen LogP contribution in [-0.2, 0) is 4.74 Å². The van der Waals surface area contributed by atoms with E-state index in [0.717, 1.165) is 13.1 Å². The van der Waals surface area contributed by atoms with E-state index >= 15 is 0 Å². The van der Waals surface area contributed by atoms with Gasteiger partial charge in [0.05, 0.1) is 12.2 Å². The molecule has 110 valence electrons. The lowest BCUT2D eigenvalue weighted by Gasteiger charge is -2.31.